The molecule has 0 aliphatic heterocycles. The molecule has 7 nitrogen and oxygen atoms in total. The summed E-state index contributed by atoms with van der Waals surface area (Å²) < 4.78 is 6.80. The van der Waals surface area contributed by atoms with Gasteiger partial charge in [-0.3, -0.25) is 9.69 Å². The molecule has 1 saturated carbocycles. The molecular weight excluding hydrogens is 246 g/mol. The van der Waals surface area contributed by atoms with E-state index in [0.29, 0.717) is 25.7 Å². The van der Waals surface area contributed by atoms with Gasteiger partial charge in [-0.1, -0.05) is 6.08 Å². The molecular formula is C12H19N5O2. The molecule has 1 heterocycles. The van der Waals surface area contributed by atoms with Crippen molar-refractivity contribution in [1.82, 2.24) is 25.1 Å². The van der Waals surface area contributed by atoms with E-state index >= 15 is 0 Å². The molecule has 0 bridgehead atoms. The summed E-state index contributed by atoms with van der Waals surface area (Å²) in [6.07, 6.45) is 4.00. The third-order valence-electron chi connectivity index (χ3n) is 2.86. The Morgan fingerprint density at radius 3 is 3.05 bits per heavy atom. The van der Waals surface area contributed by atoms with Crippen molar-refractivity contribution >= 4 is 5.97 Å². The second-order valence-corrected chi connectivity index (χ2v) is 4.53. The molecule has 0 N–H and O–H groups in total. The van der Waals surface area contributed by atoms with Crippen LogP contribution in [0.5, 0.6) is 0 Å². The summed E-state index contributed by atoms with van der Waals surface area (Å²) in [6.45, 7) is 7.22. The number of hydrogen-bond acceptors (Lipinski definition) is 6. The Balaban J connectivity index is 1.96. The molecule has 0 atom stereocenters. The van der Waals surface area contributed by atoms with Crippen molar-refractivity contribution in [2.45, 2.75) is 32.4 Å². The number of esters is 1. The maximum Gasteiger partial charge on any atom is 0.320 e. The fourth-order valence-electron chi connectivity index (χ4n) is 1.88. The number of hydrogen-bond donors (Lipinski definition) is 0. The fraction of sp³-hybridized carbons (Fsp3) is 0.667. The zero-order valence-electron chi connectivity index (χ0n) is 11.2. The molecule has 19 heavy (non-hydrogen) atoms. The van der Waals surface area contributed by atoms with E-state index in [0.717, 1.165) is 18.7 Å². The van der Waals surface area contributed by atoms with E-state index in [9.17, 15) is 4.79 Å². The third-order valence-corrected chi connectivity index (χ3v) is 2.86. The van der Waals surface area contributed by atoms with E-state index in [1.54, 1.807) is 13.0 Å². The quantitative estimate of drug-likeness (QED) is 0.505. The number of rotatable bonds is 8. The summed E-state index contributed by atoms with van der Waals surface area (Å²) in [6, 6.07) is 0.429. The Labute approximate surface area is 112 Å². The van der Waals surface area contributed by atoms with Crippen LogP contribution in [-0.2, 0) is 16.1 Å². The average Bonchev–Trinajstić information content (AvgIpc) is 3.11. The Bertz CT molecular complexity index is 441. The Kier molecular flexibility index (Phi) is 4.62. The van der Waals surface area contributed by atoms with Crippen LogP contribution in [0.15, 0.2) is 12.7 Å². The molecule has 1 aromatic heterocycles. The molecule has 0 unspecified atom stereocenters. The van der Waals surface area contributed by atoms with E-state index in [4.69, 9.17) is 4.74 Å². The lowest BCUT2D eigenvalue weighted by molar-refractivity contribution is -0.144. The highest BCUT2D eigenvalue weighted by atomic mass is 16.5. The number of aromatic nitrogens is 4. The van der Waals surface area contributed by atoms with Crippen LogP contribution in [-0.4, -0.2) is 50.8 Å². The van der Waals surface area contributed by atoms with Gasteiger partial charge in [0, 0.05) is 6.54 Å². The zero-order chi connectivity index (χ0) is 13.7. The van der Waals surface area contributed by atoms with E-state index in [1.807, 2.05) is 9.58 Å². The second-order valence-electron chi connectivity index (χ2n) is 4.53. The summed E-state index contributed by atoms with van der Waals surface area (Å²) in [5.41, 5.74) is 0. The van der Waals surface area contributed by atoms with Crippen molar-refractivity contribution in [3.63, 3.8) is 0 Å². The first-order valence-electron chi connectivity index (χ1n) is 6.50. The Morgan fingerprint density at radius 1 is 1.63 bits per heavy atom. The maximum absolute atomic E-state index is 11.5. The SMILES string of the molecule is C=CCN(CC(=O)OCC)Cc1nnnn1C1CC1. The minimum absolute atomic E-state index is 0.220. The van der Waals surface area contributed by atoms with Gasteiger partial charge in [0.15, 0.2) is 5.82 Å². The van der Waals surface area contributed by atoms with Crippen LogP contribution >= 0.6 is 0 Å². The van der Waals surface area contributed by atoms with Gasteiger partial charge in [-0.05, 0) is 30.2 Å². The number of nitrogens with zero attached hydrogens (tertiary/aromatic N) is 5. The Hall–Kier alpha value is -1.76. The van der Waals surface area contributed by atoms with Gasteiger partial charge < -0.3 is 4.74 Å². The third kappa shape index (κ3) is 3.85. The molecule has 1 aromatic rings. The van der Waals surface area contributed by atoms with E-state index < -0.39 is 0 Å². The normalized spacial score (nSPS) is 14.6. The largest absolute Gasteiger partial charge is 0.465 e. The molecule has 0 radical (unpaired) electrons. The first kappa shape index (κ1) is 13.7. The molecule has 0 saturated heterocycles. The van der Waals surface area contributed by atoms with Crippen molar-refractivity contribution in [1.29, 1.82) is 0 Å². The molecule has 1 aliphatic rings. The summed E-state index contributed by atoms with van der Waals surface area (Å²) in [5, 5.41) is 11.7. The molecule has 7 heteroatoms. The Morgan fingerprint density at radius 2 is 2.42 bits per heavy atom. The number of tetrazole rings is 1. The number of ether oxygens (including phenoxy) is 1. The maximum atomic E-state index is 11.5. The zero-order valence-corrected chi connectivity index (χ0v) is 11.2. The predicted octanol–water partition coefficient (Wildman–Crippen LogP) is 0.559. The van der Waals surface area contributed by atoms with Crippen molar-refractivity contribution in [2.24, 2.45) is 0 Å². The molecule has 1 fully saturated rings. The van der Waals surface area contributed by atoms with Crippen molar-refractivity contribution in [3.8, 4) is 0 Å². The molecule has 2 rings (SSSR count). The van der Waals surface area contributed by atoms with Crippen LogP contribution in [0.4, 0.5) is 0 Å². The van der Waals surface area contributed by atoms with Crippen LogP contribution in [0.25, 0.3) is 0 Å². The number of carbonyl (C=O) groups is 1. The minimum atomic E-state index is -0.241. The summed E-state index contributed by atoms with van der Waals surface area (Å²) in [5.74, 6) is 0.545. The van der Waals surface area contributed by atoms with Crippen molar-refractivity contribution in [3.05, 3.63) is 18.5 Å². The number of carbonyl (C=O) groups excluding carboxylic acids is 1. The van der Waals surface area contributed by atoms with Gasteiger partial charge in [-0.25, -0.2) is 4.68 Å². The van der Waals surface area contributed by atoms with Gasteiger partial charge in [0.2, 0.25) is 0 Å². The van der Waals surface area contributed by atoms with Gasteiger partial charge in [-0.15, -0.1) is 11.7 Å². The van der Waals surface area contributed by atoms with Crippen LogP contribution in [0, 0.1) is 0 Å². The van der Waals surface area contributed by atoms with Gasteiger partial charge in [-0.2, -0.15) is 0 Å². The van der Waals surface area contributed by atoms with Crippen LogP contribution in [0.1, 0.15) is 31.6 Å². The average molecular weight is 265 g/mol. The lowest BCUT2D eigenvalue weighted by Gasteiger charge is -2.18. The lowest BCUT2D eigenvalue weighted by atomic mass is 10.4. The monoisotopic (exact) mass is 265 g/mol. The highest BCUT2D eigenvalue weighted by molar-refractivity contribution is 5.71. The minimum Gasteiger partial charge on any atom is -0.465 e. The molecule has 0 aromatic carbocycles. The summed E-state index contributed by atoms with van der Waals surface area (Å²) in [4.78, 5) is 13.4. The summed E-state index contributed by atoms with van der Waals surface area (Å²) in [7, 11) is 0. The van der Waals surface area contributed by atoms with Crippen LogP contribution in [0.3, 0.4) is 0 Å². The highest BCUT2D eigenvalue weighted by Gasteiger charge is 2.28. The van der Waals surface area contributed by atoms with Gasteiger partial charge >= 0.3 is 5.97 Å². The highest BCUT2D eigenvalue weighted by Crippen LogP contribution is 2.34. The van der Waals surface area contributed by atoms with E-state index in [2.05, 4.69) is 22.1 Å². The van der Waals surface area contributed by atoms with Gasteiger partial charge in [0.05, 0.1) is 25.7 Å². The molecule has 104 valence electrons. The second kappa shape index (κ2) is 6.42. The molecule has 0 amide bonds. The smallest absolute Gasteiger partial charge is 0.320 e. The standard InChI is InChI=1S/C12H19N5O2/c1-3-7-16(9-12(18)19-4-2)8-11-13-14-15-17(11)10-5-6-10/h3,10H,1,4-9H2,2H3. The summed E-state index contributed by atoms with van der Waals surface area (Å²) >= 11 is 0. The van der Waals surface area contributed by atoms with E-state index in [-0.39, 0.29) is 12.5 Å². The van der Waals surface area contributed by atoms with Crippen LogP contribution in [0.2, 0.25) is 0 Å². The van der Waals surface area contributed by atoms with E-state index in [1.165, 1.54) is 0 Å². The van der Waals surface area contributed by atoms with Gasteiger partial charge in [0.25, 0.3) is 0 Å². The first-order chi connectivity index (χ1) is 9.24. The van der Waals surface area contributed by atoms with Crippen molar-refractivity contribution < 1.29 is 9.53 Å². The topological polar surface area (TPSA) is 73.1 Å². The van der Waals surface area contributed by atoms with Crippen molar-refractivity contribution in [2.75, 3.05) is 19.7 Å². The molecule has 1 aliphatic carbocycles. The lowest BCUT2D eigenvalue weighted by Crippen LogP contribution is -2.32. The predicted molar refractivity (Wildman–Crippen MR) is 68.2 cm³/mol. The molecule has 0 spiro atoms. The first-order valence-corrected chi connectivity index (χ1v) is 6.50. The van der Waals surface area contributed by atoms with Crippen LogP contribution < -0.4 is 0 Å². The van der Waals surface area contributed by atoms with Gasteiger partial charge in [0.1, 0.15) is 0 Å². The fourth-order valence-corrected chi connectivity index (χ4v) is 1.88.